The van der Waals surface area contributed by atoms with Gasteiger partial charge in [-0.15, -0.1) is 0 Å². The van der Waals surface area contributed by atoms with E-state index in [9.17, 15) is 0 Å². The van der Waals surface area contributed by atoms with Crippen LogP contribution in [-0.2, 0) is 0 Å². The number of fused-ring (bicyclic) bond motifs is 3. The molecular formula is C52H35N3. The quantitative estimate of drug-likeness (QED) is 0.166. The molecule has 10 aromatic rings. The van der Waals surface area contributed by atoms with Crippen LogP contribution in [0.4, 0.5) is 0 Å². The zero-order valence-electron chi connectivity index (χ0n) is 30.0. The molecule has 8 aromatic carbocycles. The highest BCUT2D eigenvalue weighted by Gasteiger charge is 2.21. The lowest BCUT2D eigenvalue weighted by Gasteiger charge is -2.13. The van der Waals surface area contributed by atoms with Crippen LogP contribution in [0.3, 0.4) is 0 Å². The first-order valence-electron chi connectivity index (χ1n) is 18.7. The summed E-state index contributed by atoms with van der Waals surface area (Å²) in [7, 11) is 0. The number of pyridine rings is 1. The molecule has 0 bridgehead atoms. The molecule has 0 saturated heterocycles. The van der Waals surface area contributed by atoms with Crippen LogP contribution >= 0.6 is 0 Å². The second-order valence-electron chi connectivity index (χ2n) is 13.8. The molecule has 258 valence electrons. The first-order chi connectivity index (χ1) is 27.3. The lowest BCUT2D eigenvalue weighted by Crippen LogP contribution is -1.97. The Labute approximate surface area is 320 Å². The van der Waals surface area contributed by atoms with Crippen LogP contribution < -0.4 is 0 Å². The van der Waals surface area contributed by atoms with E-state index in [0.29, 0.717) is 0 Å². The molecule has 0 N–H and O–H groups in total. The zero-order chi connectivity index (χ0) is 36.6. The summed E-state index contributed by atoms with van der Waals surface area (Å²) in [4.78, 5) is 5.09. The Balaban J connectivity index is 1.14. The van der Waals surface area contributed by atoms with Crippen molar-refractivity contribution in [2.45, 2.75) is 0 Å². The Morgan fingerprint density at radius 1 is 0.345 bits per heavy atom. The summed E-state index contributed by atoms with van der Waals surface area (Å²) in [5, 5.41) is 8.85. The lowest BCUT2D eigenvalue weighted by atomic mass is 9.92. The second-order valence-corrected chi connectivity index (χ2v) is 13.8. The molecule has 55 heavy (non-hydrogen) atoms. The maximum Gasteiger partial charge on any atom is 0.101 e. The molecule has 0 aliphatic carbocycles. The van der Waals surface area contributed by atoms with Gasteiger partial charge in [0.05, 0.1) is 22.6 Å². The SMILES string of the molecule is c1ccc(-c2cc(-c3ccc(-c4ccc5cc(-c6ccccc6)c6c(-c7ccccc7)nn(-c7ccccc7)c6c5c4)cc3)cc(-c3ccccc3)n2)cc1. The van der Waals surface area contributed by atoms with Gasteiger partial charge in [0.2, 0.25) is 0 Å². The fraction of sp³-hybridized carbons (Fsp3) is 0. The summed E-state index contributed by atoms with van der Waals surface area (Å²) in [5.41, 5.74) is 15.2. The number of benzene rings is 8. The van der Waals surface area contributed by atoms with Crippen LogP contribution in [0.5, 0.6) is 0 Å². The average molecular weight is 702 g/mol. The molecule has 0 amide bonds. The summed E-state index contributed by atoms with van der Waals surface area (Å²) in [5.74, 6) is 0. The van der Waals surface area contributed by atoms with Crippen LogP contribution in [0.2, 0.25) is 0 Å². The predicted molar refractivity (Wildman–Crippen MR) is 229 cm³/mol. The van der Waals surface area contributed by atoms with Crippen molar-refractivity contribution in [3.05, 3.63) is 212 Å². The fourth-order valence-electron chi connectivity index (χ4n) is 7.68. The molecule has 10 rings (SSSR count). The van der Waals surface area contributed by atoms with Gasteiger partial charge >= 0.3 is 0 Å². The lowest BCUT2D eigenvalue weighted by molar-refractivity contribution is 0.918. The summed E-state index contributed by atoms with van der Waals surface area (Å²) in [6.45, 7) is 0. The second kappa shape index (κ2) is 13.9. The van der Waals surface area contributed by atoms with Crippen molar-refractivity contribution in [1.82, 2.24) is 14.8 Å². The van der Waals surface area contributed by atoms with E-state index in [1.54, 1.807) is 0 Å². The van der Waals surface area contributed by atoms with Crippen LogP contribution in [0.25, 0.3) is 94.5 Å². The maximum atomic E-state index is 5.38. The molecule has 0 radical (unpaired) electrons. The normalized spacial score (nSPS) is 11.3. The molecule has 0 fully saturated rings. The van der Waals surface area contributed by atoms with Gasteiger partial charge in [0.25, 0.3) is 0 Å². The highest BCUT2D eigenvalue weighted by atomic mass is 15.3. The minimum Gasteiger partial charge on any atom is -0.248 e. The number of rotatable bonds is 7. The standard InChI is InChI=1S/C52H35N3/c1-6-16-38(17-7-1)46-33-43-31-30-42(32-47(43)52-50(46)51(41-22-12-4-13-23-41)54-55(52)45-24-14-5-15-25-45)36-26-28-37(29-27-36)44-34-48(39-18-8-2-9-19-39)53-49(35-44)40-20-10-3-11-21-40/h1-35H. The zero-order valence-corrected chi connectivity index (χ0v) is 30.0. The molecule has 3 heteroatoms. The molecule has 0 aliphatic rings. The van der Waals surface area contributed by atoms with E-state index in [0.717, 1.165) is 78.0 Å². The topological polar surface area (TPSA) is 30.7 Å². The Morgan fingerprint density at radius 2 is 0.818 bits per heavy atom. The van der Waals surface area contributed by atoms with Crippen LogP contribution in [0.1, 0.15) is 0 Å². The maximum absolute atomic E-state index is 5.38. The first kappa shape index (κ1) is 32.3. The van der Waals surface area contributed by atoms with E-state index >= 15 is 0 Å². The van der Waals surface area contributed by atoms with Gasteiger partial charge in [0, 0.05) is 27.5 Å². The molecule has 3 nitrogen and oxygen atoms in total. The Kier molecular flexibility index (Phi) is 8.16. The number of hydrogen-bond donors (Lipinski definition) is 0. The molecule has 0 aliphatic heterocycles. The highest BCUT2D eigenvalue weighted by Crippen LogP contribution is 2.43. The van der Waals surface area contributed by atoms with Crippen LogP contribution in [0, 0.1) is 0 Å². The summed E-state index contributed by atoms with van der Waals surface area (Å²) in [6, 6.07) is 75.0. The van der Waals surface area contributed by atoms with Crippen molar-refractivity contribution in [2.24, 2.45) is 0 Å². The number of hydrogen-bond acceptors (Lipinski definition) is 2. The smallest absolute Gasteiger partial charge is 0.101 e. The molecular weight excluding hydrogens is 667 g/mol. The number of nitrogens with zero attached hydrogens (tertiary/aromatic N) is 3. The van der Waals surface area contributed by atoms with Gasteiger partial charge in [-0.05, 0) is 75.2 Å². The molecule has 2 aromatic heterocycles. The van der Waals surface area contributed by atoms with Crippen molar-refractivity contribution in [1.29, 1.82) is 0 Å². The summed E-state index contributed by atoms with van der Waals surface area (Å²) in [6.07, 6.45) is 0. The van der Waals surface area contributed by atoms with E-state index in [4.69, 9.17) is 10.1 Å². The van der Waals surface area contributed by atoms with Gasteiger partial charge in [-0.3, -0.25) is 0 Å². The largest absolute Gasteiger partial charge is 0.248 e. The van der Waals surface area contributed by atoms with Gasteiger partial charge in [-0.1, -0.05) is 176 Å². The third kappa shape index (κ3) is 6.08. The van der Waals surface area contributed by atoms with E-state index in [1.807, 2.05) is 12.1 Å². The van der Waals surface area contributed by atoms with Gasteiger partial charge in [-0.2, -0.15) is 5.10 Å². The predicted octanol–water partition coefficient (Wildman–Crippen LogP) is 13.6. The monoisotopic (exact) mass is 701 g/mol. The molecule has 0 atom stereocenters. The van der Waals surface area contributed by atoms with E-state index < -0.39 is 0 Å². The Morgan fingerprint density at radius 3 is 1.38 bits per heavy atom. The molecule has 0 saturated carbocycles. The summed E-state index contributed by atoms with van der Waals surface area (Å²) >= 11 is 0. The van der Waals surface area contributed by atoms with E-state index in [1.165, 1.54) is 16.5 Å². The number of aromatic nitrogens is 3. The molecule has 2 heterocycles. The number of para-hydroxylation sites is 1. The van der Waals surface area contributed by atoms with Gasteiger partial charge in [0.15, 0.2) is 0 Å². The van der Waals surface area contributed by atoms with Crippen LogP contribution in [-0.4, -0.2) is 14.8 Å². The molecule has 0 spiro atoms. The van der Waals surface area contributed by atoms with E-state index in [2.05, 4.69) is 205 Å². The third-order valence-corrected chi connectivity index (χ3v) is 10.4. The average Bonchev–Trinajstić information content (AvgIpc) is 3.69. The Hall–Kier alpha value is -7.36. The van der Waals surface area contributed by atoms with Crippen molar-refractivity contribution in [3.8, 4) is 72.8 Å². The van der Waals surface area contributed by atoms with Crippen molar-refractivity contribution in [2.75, 3.05) is 0 Å². The van der Waals surface area contributed by atoms with Crippen molar-refractivity contribution < 1.29 is 0 Å². The van der Waals surface area contributed by atoms with Crippen LogP contribution in [0.15, 0.2) is 212 Å². The minimum absolute atomic E-state index is 0.958. The highest BCUT2D eigenvalue weighted by molar-refractivity contribution is 6.17. The third-order valence-electron chi connectivity index (χ3n) is 10.4. The summed E-state index contributed by atoms with van der Waals surface area (Å²) < 4.78 is 2.14. The Bertz CT molecular complexity index is 2860. The van der Waals surface area contributed by atoms with Gasteiger partial charge in [0.1, 0.15) is 5.69 Å². The van der Waals surface area contributed by atoms with Crippen molar-refractivity contribution >= 4 is 21.7 Å². The minimum atomic E-state index is 0.958. The van der Waals surface area contributed by atoms with Crippen molar-refractivity contribution in [3.63, 3.8) is 0 Å². The van der Waals surface area contributed by atoms with E-state index in [-0.39, 0.29) is 0 Å². The first-order valence-corrected chi connectivity index (χ1v) is 18.7. The molecule has 0 unspecified atom stereocenters. The van der Waals surface area contributed by atoms with Gasteiger partial charge < -0.3 is 0 Å². The fourth-order valence-corrected chi connectivity index (χ4v) is 7.68. The van der Waals surface area contributed by atoms with Gasteiger partial charge in [-0.25, -0.2) is 9.67 Å².